The van der Waals surface area contributed by atoms with Crippen molar-refractivity contribution in [2.24, 2.45) is 5.73 Å². The van der Waals surface area contributed by atoms with Gasteiger partial charge in [0, 0.05) is 7.11 Å². The van der Waals surface area contributed by atoms with E-state index in [2.05, 4.69) is 5.32 Å². The van der Waals surface area contributed by atoms with E-state index in [-0.39, 0.29) is 24.6 Å². The van der Waals surface area contributed by atoms with Crippen LogP contribution in [0, 0.1) is 0 Å². The Morgan fingerprint density at radius 2 is 1.95 bits per heavy atom. The lowest BCUT2D eigenvalue weighted by molar-refractivity contribution is -0.138. The molecule has 4 nitrogen and oxygen atoms in total. The van der Waals surface area contributed by atoms with Crippen LogP contribution in [-0.4, -0.2) is 25.7 Å². The highest BCUT2D eigenvalue weighted by Gasteiger charge is 2.34. The molecule has 2 atom stereocenters. The molecule has 2 unspecified atom stereocenters. The number of carbonyl (C=O) groups excluding carboxylic acids is 1. The van der Waals surface area contributed by atoms with Crippen LogP contribution in [0.3, 0.4) is 0 Å². The number of halogens is 4. The quantitative estimate of drug-likeness (QED) is 0.872. The highest BCUT2D eigenvalue weighted by molar-refractivity contribution is 5.85. The summed E-state index contributed by atoms with van der Waals surface area (Å²) in [5, 5.41) is 2.45. The standard InChI is InChI=1S/C13H17F3N2O2.ClH/c1-8(18-12(19)11(17)7-20-2)9-5-3-4-6-10(9)13(14,15)16;/h3-6,8,11H,7,17H2,1-2H3,(H,18,19);1H. The van der Waals surface area contributed by atoms with Crippen molar-refractivity contribution in [1.29, 1.82) is 0 Å². The van der Waals surface area contributed by atoms with Crippen LogP contribution in [0.25, 0.3) is 0 Å². The lowest BCUT2D eigenvalue weighted by Gasteiger charge is -2.21. The van der Waals surface area contributed by atoms with E-state index < -0.39 is 29.7 Å². The van der Waals surface area contributed by atoms with E-state index >= 15 is 0 Å². The number of nitrogens with two attached hydrogens (primary N) is 1. The van der Waals surface area contributed by atoms with Crippen molar-refractivity contribution in [2.45, 2.75) is 25.2 Å². The molecule has 0 aliphatic rings. The highest BCUT2D eigenvalue weighted by Crippen LogP contribution is 2.34. The topological polar surface area (TPSA) is 64.3 Å². The van der Waals surface area contributed by atoms with Crippen molar-refractivity contribution in [3.8, 4) is 0 Å². The largest absolute Gasteiger partial charge is 0.416 e. The van der Waals surface area contributed by atoms with Crippen molar-refractivity contribution in [3.05, 3.63) is 35.4 Å². The van der Waals surface area contributed by atoms with Crippen molar-refractivity contribution in [1.82, 2.24) is 5.32 Å². The predicted octanol–water partition coefficient (Wildman–Crippen LogP) is 2.28. The number of amides is 1. The van der Waals surface area contributed by atoms with Gasteiger partial charge in [-0.3, -0.25) is 4.79 Å². The number of carbonyl (C=O) groups is 1. The number of alkyl halides is 3. The minimum atomic E-state index is -4.47. The van der Waals surface area contributed by atoms with E-state index in [4.69, 9.17) is 10.5 Å². The Hall–Kier alpha value is -1.31. The van der Waals surface area contributed by atoms with E-state index in [0.717, 1.165) is 6.07 Å². The molecule has 1 rings (SSSR count). The molecule has 21 heavy (non-hydrogen) atoms. The van der Waals surface area contributed by atoms with Crippen LogP contribution in [0.2, 0.25) is 0 Å². The third-order valence-corrected chi connectivity index (χ3v) is 2.77. The van der Waals surface area contributed by atoms with Crippen LogP contribution in [0.4, 0.5) is 13.2 Å². The molecule has 0 bridgehead atoms. The predicted molar refractivity (Wildman–Crippen MR) is 75.1 cm³/mol. The fourth-order valence-electron chi connectivity index (χ4n) is 1.79. The van der Waals surface area contributed by atoms with Crippen LogP contribution < -0.4 is 11.1 Å². The molecular formula is C13H18ClF3N2O2. The van der Waals surface area contributed by atoms with Gasteiger partial charge in [0.25, 0.3) is 0 Å². The molecule has 8 heteroatoms. The fourth-order valence-corrected chi connectivity index (χ4v) is 1.79. The van der Waals surface area contributed by atoms with Crippen molar-refractivity contribution >= 4 is 18.3 Å². The average molecular weight is 327 g/mol. The van der Waals surface area contributed by atoms with Gasteiger partial charge in [0.1, 0.15) is 6.04 Å². The molecule has 0 aliphatic heterocycles. The maximum Gasteiger partial charge on any atom is 0.416 e. The molecule has 1 aromatic rings. The van der Waals surface area contributed by atoms with Gasteiger partial charge in [-0.15, -0.1) is 12.4 Å². The van der Waals surface area contributed by atoms with Gasteiger partial charge in [-0.2, -0.15) is 13.2 Å². The van der Waals surface area contributed by atoms with Gasteiger partial charge in [0.05, 0.1) is 18.2 Å². The van der Waals surface area contributed by atoms with Gasteiger partial charge in [-0.1, -0.05) is 18.2 Å². The Labute approximate surface area is 127 Å². The zero-order chi connectivity index (χ0) is 15.3. The second kappa shape index (κ2) is 8.21. The molecule has 0 heterocycles. The summed E-state index contributed by atoms with van der Waals surface area (Å²) in [4.78, 5) is 11.7. The van der Waals surface area contributed by atoms with Crippen LogP contribution in [0.5, 0.6) is 0 Å². The number of nitrogens with one attached hydrogen (secondary N) is 1. The molecule has 3 N–H and O–H groups in total. The third kappa shape index (κ3) is 5.53. The maximum atomic E-state index is 12.9. The first-order chi connectivity index (χ1) is 9.27. The fraction of sp³-hybridized carbons (Fsp3) is 0.462. The summed E-state index contributed by atoms with van der Waals surface area (Å²) in [6.45, 7) is 1.47. The zero-order valence-electron chi connectivity index (χ0n) is 11.6. The minimum Gasteiger partial charge on any atom is -0.383 e. The number of hydrogen-bond donors (Lipinski definition) is 2. The summed E-state index contributed by atoms with van der Waals surface area (Å²) in [5.74, 6) is -0.559. The smallest absolute Gasteiger partial charge is 0.383 e. The van der Waals surface area contributed by atoms with E-state index in [1.165, 1.54) is 32.2 Å². The first kappa shape index (κ1) is 19.7. The zero-order valence-corrected chi connectivity index (χ0v) is 12.4. The summed E-state index contributed by atoms with van der Waals surface area (Å²) in [6, 6.07) is 3.38. The molecule has 0 saturated heterocycles. The molecule has 0 aromatic heterocycles. The Morgan fingerprint density at radius 1 is 1.38 bits per heavy atom. The normalized spacial score (nSPS) is 14.0. The van der Waals surface area contributed by atoms with Crippen LogP contribution >= 0.6 is 12.4 Å². The van der Waals surface area contributed by atoms with Crippen LogP contribution in [0.15, 0.2) is 24.3 Å². The van der Waals surface area contributed by atoms with E-state index in [9.17, 15) is 18.0 Å². The number of hydrogen-bond acceptors (Lipinski definition) is 3. The number of ether oxygens (including phenoxy) is 1. The Bertz CT molecular complexity index is 469. The lowest BCUT2D eigenvalue weighted by atomic mass is 10.0. The second-order valence-corrected chi connectivity index (χ2v) is 4.38. The highest BCUT2D eigenvalue weighted by atomic mass is 35.5. The van der Waals surface area contributed by atoms with Crippen LogP contribution in [-0.2, 0) is 15.7 Å². The van der Waals surface area contributed by atoms with Crippen LogP contribution in [0.1, 0.15) is 24.1 Å². The van der Waals surface area contributed by atoms with Gasteiger partial charge in [0.15, 0.2) is 0 Å². The average Bonchev–Trinajstić information content (AvgIpc) is 2.37. The summed E-state index contributed by atoms with van der Waals surface area (Å²) >= 11 is 0. The summed E-state index contributed by atoms with van der Waals surface area (Å²) in [6.07, 6.45) is -4.47. The van der Waals surface area contributed by atoms with Gasteiger partial charge in [-0.05, 0) is 18.6 Å². The summed E-state index contributed by atoms with van der Waals surface area (Å²) in [5.41, 5.74) is 4.75. The van der Waals surface area contributed by atoms with E-state index in [1.54, 1.807) is 0 Å². The molecule has 0 saturated carbocycles. The molecule has 0 fully saturated rings. The third-order valence-electron chi connectivity index (χ3n) is 2.77. The van der Waals surface area contributed by atoms with Gasteiger partial charge in [0.2, 0.25) is 5.91 Å². The molecule has 0 spiro atoms. The van der Waals surface area contributed by atoms with Crippen molar-refractivity contribution < 1.29 is 22.7 Å². The molecular weight excluding hydrogens is 309 g/mol. The maximum absolute atomic E-state index is 12.9. The molecule has 0 aliphatic carbocycles. The van der Waals surface area contributed by atoms with Crippen molar-refractivity contribution in [3.63, 3.8) is 0 Å². The SMILES string of the molecule is COCC(N)C(=O)NC(C)c1ccccc1C(F)(F)F.Cl. The second-order valence-electron chi connectivity index (χ2n) is 4.38. The van der Waals surface area contributed by atoms with Crippen molar-refractivity contribution in [2.75, 3.05) is 13.7 Å². The van der Waals surface area contributed by atoms with Gasteiger partial charge in [-0.25, -0.2) is 0 Å². The monoisotopic (exact) mass is 326 g/mol. The summed E-state index contributed by atoms with van der Waals surface area (Å²) < 4.78 is 43.3. The summed E-state index contributed by atoms with van der Waals surface area (Å²) in [7, 11) is 1.38. The first-order valence-corrected chi connectivity index (χ1v) is 5.98. The lowest BCUT2D eigenvalue weighted by Crippen LogP contribution is -2.44. The number of rotatable bonds is 5. The Kier molecular flexibility index (Phi) is 7.70. The molecule has 120 valence electrons. The molecule has 1 aromatic carbocycles. The van der Waals surface area contributed by atoms with E-state index in [1.807, 2.05) is 0 Å². The van der Waals surface area contributed by atoms with Gasteiger partial charge >= 0.3 is 6.18 Å². The van der Waals surface area contributed by atoms with E-state index in [0.29, 0.717) is 0 Å². The molecule has 0 radical (unpaired) electrons. The number of benzene rings is 1. The Morgan fingerprint density at radius 3 is 2.48 bits per heavy atom. The van der Waals surface area contributed by atoms with Gasteiger partial charge < -0.3 is 15.8 Å². The molecule has 1 amide bonds. The Balaban J connectivity index is 0.00000400. The first-order valence-electron chi connectivity index (χ1n) is 5.98. The number of methoxy groups -OCH3 is 1. The minimum absolute atomic E-state index is 0.